The lowest BCUT2D eigenvalue weighted by atomic mass is 9.94. The third-order valence-electron chi connectivity index (χ3n) is 3.26. The number of carbonyl (C=O) groups is 1. The van der Waals surface area contributed by atoms with Gasteiger partial charge in [-0.15, -0.1) is 0 Å². The zero-order valence-corrected chi connectivity index (χ0v) is 12.4. The molecule has 0 fully saturated rings. The van der Waals surface area contributed by atoms with Gasteiger partial charge < -0.3 is 20.9 Å². The highest BCUT2D eigenvalue weighted by atomic mass is 16.5. The van der Waals surface area contributed by atoms with Crippen LogP contribution in [0.4, 0.5) is 0 Å². The molecule has 0 aromatic carbocycles. The molecule has 2 unspecified atom stereocenters. The van der Waals surface area contributed by atoms with Gasteiger partial charge in [-0.05, 0) is 31.7 Å². The molecule has 0 aliphatic carbocycles. The van der Waals surface area contributed by atoms with Gasteiger partial charge in [0.1, 0.15) is 0 Å². The van der Waals surface area contributed by atoms with Crippen LogP contribution in [0.25, 0.3) is 0 Å². The van der Waals surface area contributed by atoms with Crippen molar-refractivity contribution in [1.29, 1.82) is 0 Å². The van der Waals surface area contributed by atoms with Gasteiger partial charge in [0.2, 0.25) is 5.91 Å². The van der Waals surface area contributed by atoms with Gasteiger partial charge in [0, 0.05) is 20.1 Å². The number of amides is 1. The summed E-state index contributed by atoms with van der Waals surface area (Å²) in [7, 11) is 1.59. The minimum Gasteiger partial charge on any atom is -0.396 e. The molecular weight excluding hydrogens is 244 g/mol. The normalized spacial score (nSPS) is 14.1. The minimum absolute atomic E-state index is 0.0358. The average Bonchev–Trinajstić information content (AvgIpc) is 2.37. The van der Waals surface area contributed by atoms with Crippen LogP contribution in [0.3, 0.4) is 0 Å². The monoisotopic (exact) mass is 274 g/mol. The molecule has 0 aliphatic heterocycles. The number of ether oxygens (including phenoxy) is 1. The molecular formula is C14H30N2O3. The lowest BCUT2D eigenvalue weighted by Gasteiger charge is -2.18. The molecule has 2 atom stereocenters. The van der Waals surface area contributed by atoms with Crippen molar-refractivity contribution in [2.75, 3.05) is 26.9 Å². The van der Waals surface area contributed by atoms with Crippen molar-refractivity contribution < 1.29 is 14.6 Å². The summed E-state index contributed by atoms with van der Waals surface area (Å²) in [6.45, 7) is 3.33. The first-order chi connectivity index (χ1) is 9.17. The fraction of sp³-hybridized carbons (Fsp3) is 0.929. The van der Waals surface area contributed by atoms with Crippen molar-refractivity contribution >= 4 is 5.91 Å². The average molecular weight is 274 g/mol. The van der Waals surface area contributed by atoms with E-state index in [1.807, 2.05) is 0 Å². The second-order valence-corrected chi connectivity index (χ2v) is 5.00. The molecule has 19 heavy (non-hydrogen) atoms. The Morgan fingerprint density at radius 1 is 1.32 bits per heavy atom. The van der Waals surface area contributed by atoms with Crippen molar-refractivity contribution in [2.24, 2.45) is 11.7 Å². The Morgan fingerprint density at radius 2 is 2.05 bits per heavy atom. The number of hydrogen-bond donors (Lipinski definition) is 3. The van der Waals surface area contributed by atoms with Crippen LogP contribution < -0.4 is 11.1 Å². The topological polar surface area (TPSA) is 84.6 Å². The molecule has 0 heterocycles. The fourth-order valence-corrected chi connectivity index (χ4v) is 2.27. The van der Waals surface area contributed by atoms with Gasteiger partial charge >= 0.3 is 0 Å². The molecule has 114 valence electrons. The maximum Gasteiger partial charge on any atom is 0.220 e. The van der Waals surface area contributed by atoms with Gasteiger partial charge in [0.25, 0.3) is 0 Å². The van der Waals surface area contributed by atoms with Crippen molar-refractivity contribution in [2.45, 2.75) is 51.5 Å². The van der Waals surface area contributed by atoms with E-state index in [1.165, 1.54) is 0 Å². The van der Waals surface area contributed by atoms with Crippen LogP contribution in [0.5, 0.6) is 0 Å². The summed E-state index contributed by atoms with van der Waals surface area (Å²) < 4.78 is 5.02. The number of hydrogen-bond acceptors (Lipinski definition) is 4. The molecule has 0 aliphatic rings. The number of aliphatic hydroxyl groups is 1. The summed E-state index contributed by atoms with van der Waals surface area (Å²) in [4.78, 5) is 11.8. The first kappa shape index (κ1) is 18.4. The molecule has 4 N–H and O–H groups in total. The molecule has 0 saturated carbocycles. The summed E-state index contributed by atoms with van der Waals surface area (Å²) >= 11 is 0. The SMILES string of the molecule is CCCC(CCN)CCC(=O)NC(CCO)COC. The van der Waals surface area contributed by atoms with Crippen molar-refractivity contribution in [3.63, 3.8) is 0 Å². The maximum atomic E-state index is 11.8. The third kappa shape index (κ3) is 9.87. The molecule has 0 rings (SSSR count). The molecule has 5 heteroatoms. The van der Waals surface area contributed by atoms with Crippen molar-refractivity contribution in [3.05, 3.63) is 0 Å². The second kappa shape index (κ2) is 12.4. The molecule has 0 saturated heterocycles. The van der Waals surface area contributed by atoms with E-state index in [2.05, 4.69) is 12.2 Å². The zero-order chi connectivity index (χ0) is 14.5. The summed E-state index contributed by atoms with van der Waals surface area (Å²) in [5.41, 5.74) is 5.58. The molecule has 0 spiro atoms. The highest BCUT2D eigenvalue weighted by Crippen LogP contribution is 2.16. The first-order valence-corrected chi connectivity index (χ1v) is 7.27. The van der Waals surface area contributed by atoms with E-state index in [1.54, 1.807) is 7.11 Å². The van der Waals surface area contributed by atoms with Crippen LogP contribution in [0.1, 0.15) is 45.4 Å². The summed E-state index contributed by atoms with van der Waals surface area (Å²) in [6, 6.07) is -0.0957. The quantitative estimate of drug-likeness (QED) is 0.496. The summed E-state index contributed by atoms with van der Waals surface area (Å²) in [5.74, 6) is 0.577. The third-order valence-corrected chi connectivity index (χ3v) is 3.26. The highest BCUT2D eigenvalue weighted by molar-refractivity contribution is 5.76. The van der Waals surface area contributed by atoms with Gasteiger partial charge in [-0.1, -0.05) is 19.8 Å². The Balaban J connectivity index is 3.98. The van der Waals surface area contributed by atoms with Crippen LogP contribution in [0, 0.1) is 5.92 Å². The number of methoxy groups -OCH3 is 1. The van der Waals surface area contributed by atoms with Gasteiger partial charge in [-0.2, -0.15) is 0 Å². The molecule has 0 bridgehead atoms. The molecule has 0 radical (unpaired) electrons. The van der Waals surface area contributed by atoms with E-state index in [-0.39, 0.29) is 18.6 Å². The zero-order valence-electron chi connectivity index (χ0n) is 12.4. The molecule has 0 aromatic rings. The summed E-state index contributed by atoms with van der Waals surface area (Å²) in [6.07, 6.45) is 5.18. The van der Waals surface area contributed by atoms with E-state index >= 15 is 0 Å². The largest absolute Gasteiger partial charge is 0.396 e. The van der Waals surface area contributed by atoms with Gasteiger partial charge in [-0.3, -0.25) is 4.79 Å². The summed E-state index contributed by atoms with van der Waals surface area (Å²) in [5, 5.41) is 11.8. The predicted molar refractivity (Wildman–Crippen MR) is 76.8 cm³/mol. The van der Waals surface area contributed by atoms with Crippen LogP contribution in [-0.4, -0.2) is 43.9 Å². The number of nitrogens with one attached hydrogen (secondary N) is 1. The number of carbonyl (C=O) groups excluding carboxylic acids is 1. The maximum absolute atomic E-state index is 11.8. The van der Waals surface area contributed by atoms with Crippen LogP contribution in [0.15, 0.2) is 0 Å². The Hall–Kier alpha value is -0.650. The molecule has 1 amide bonds. The van der Waals surface area contributed by atoms with Crippen LogP contribution in [-0.2, 0) is 9.53 Å². The Labute approximate surface area is 116 Å². The number of nitrogens with two attached hydrogens (primary N) is 1. The van der Waals surface area contributed by atoms with E-state index in [4.69, 9.17) is 15.6 Å². The number of aliphatic hydroxyl groups excluding tert-OH is 1. The molecule has 0 aromatic heterocycles. The predicted octanol–water partition coefficient (Wildman–Crippen LogP) is 1.05. The second-order valence-electron chi connectivity index (χ2n) is 5.00. The van der Waals surface area contributed by atoms with E-state index in [0.29, 0.717) is 31.9 Å². The van der Waals surface area contributed by atoms with Gasteiger partial charge in [-0.25, -0.2) is 0 Å². The van der Waals surface area contributed by atoms with Crippen LogP contribution >= 0.6 is 0 Å². The Morgan fingerprint density at radius 3 is 2.58 bits per heavy atom. The van der Waals surface area contributed by atoms with Gasteiger partial charge in [0.15, 0.2) is 0 Å². The van der Waals surface area contributed by atoms with E-state index in [9.17, 15) is 4.79 Å². The van der Waals surface area contributed by atoms with Crippen molar-refractivity contribution in [3.8, 4) is 0 Å². The minimum atomic E-state index is -0.0957. The lowest BCUT2D eigenvalue weighted by Crippen LogP contribution is -2.38. The van der Waals surface area contributed by atoms with Gasteiger partial charge in [0.05, 0.1) is 12.6 Å². The fourth-order valence-electron chi connectivity index (χ4n) is 2.27. The highest BCUT2D eigenvalue weighted by Gasteiger charge is 2.14. The van der Waals surface area contributed by atoms with Crippen molar-refractivity contribution in [1.82, 2.24) is 5.32 Å². The Kier molecular flexibility index (Phi) is 12.0. The Bertz CT molecular complexity index is 213. The van der Waals surface area contributed by atoms with E-state index < -0.39 is 0 Å². The first-order valence-electron chi connectivity index (χ1n) is 7.27. The number of rotatable bonds is 12. The molecule has 5 nitrogen and oxygen atoms in total. The van der Waals surface area contributed by atoms with Crippen LogP contribution in [0.2, 0.25) is 0 Å². The van der Waals surface area contributed by atoms with E-state index in [0.717, 1.165) is 25.7 Å². The standard InChI is InChI=1S/C14H30N2O3/c1-3-4-12(7-9-15)5-6-14(18)16-13(8-10-17)11-19-2/h12-13,17H,3-11,15H2,1-2H3,(H,16,18). The lowest BCUT2D eigenvalue weighted by molar-refractivity contribution is -0.122. The smallest absolute Gasteiger partial charge is 0.220 e.